The van der Waals surface area contributed by atoms with Gasteiger partial charge >= 0.3 is 0 Å². The molecule has 122 valence electrons. The molecule has 0 bridgehead atoms. The second kappa shape index (κ2) is 7.89. The molecule has 4 N–H and O–H groups in total. The Labute approximate surface area is 133 Å². The lowest BCUT2D eigenvalue weighted by atomic mass is 9.88. The van der Waals surface area contributed by atoms with E-state index in [1.165, 1.54) is 6.08 Å². The van der Waals surface area contributed by atoms with Gasteiger partial charge in [0.1, 0.15) is 37.3 Å². The first-order chi connectivity index (χ1) is 10.5. The van der Waals surface area contributed by atoms with Crippen molar-refractivity contribution in [2.24, 2.45) is 0 Å². The lowest BCUT2D eigenvalue weighted by molar-refractivity contribution is -0.0630. The number of rotatable bonds is 6. The number of nitrogens with one attached hydrogen (secondary N) is 1. The molecule has 1 aromatic rings. The second-order valence-electron chi connectivity index (χ2n) is 5.08. The third kappa shape index (κ3) is 4.18. The summed E-state index contributed by atoms with van der Waals surface area (Å²) in [4.78, 5) is 0. The van der Waals surface area contributed by atoms with Crippen LogP contribution in [0.4, 0.5) is 4.39 Å². The SMILES string of the molecule is O[C@@H]1[C@@H](O)[C@@H](O)C(CF)=C[C@H]1NCCOc1ccc(Cl)cc1. The largest absolute Gasteiger partial charge is 0.492 e. The van der Waals surface area contributed by atoms with E-state index >= 15 is 0 Å². The summed E-state index contributed by atoms with van der Waals surface area (Å²) >= 11 is 5.77. The highest BCUT2D eigenvalue weighted by Crippen LogP contribution is 2.21. The number of aliphatic hydroxyl groups is 3. The molecule has 22 heavy (non-hydrogen) atoms. The van der Waals surface area contributed by atoms with E-state index < -0.39 is 31.0 Å². The van der Waals surface area contributed by atoms with Crippen LogP contribution >= 0.6 is 11.6 Å². The number of alkyl halides is 1. The van der Waals surface area contributed by atoms with Crippen LogP contribution in [-0.4, -0.2) is 59.5 Å². The van der Waals surface area contributed by atoms with Gasteiger partial charge in [0.05, 0.1) is 6.04 Å². The molecule has 1 aliphatic rings. The summed E-state index contributed by atoms with van der Waals surface area (Å²) in [6.07, 6.45) is -2.58. The zero-order valence-corrected chi connectivity index (χ0v) is 12.6. The Morgan fingerprint density at radius 2 is 1.82 bits per heavy atom. The fourth-order valence-electron chi connectivity index (χ4n) is 2.27. The molecule has 0 saturated carbocycles. The average molecular weight is 332 g/mol. The number of aliphatic hydroxyl groups excluding tert-OH is 3. The zero-order valence-electron chi connectivity index (χ0n) is 11.8. The summed E-state index contributed by atoms with van der Waals surface area (Å²) in [5.41, 5.74) is 0.0638. The Morgan fingerprint density at radius 1 is 1.14 bits per heavy atom. The maximum absolute atomic E-state index is 12.8. The van der Waals surface area contributed by atoms with E-state index in [4.69, 9.17) is 16.3 Å². The van der Waals surface area contributed by atoms with E-state index in [0.717, 1.165) is 0 Å². The first-order valence-electron chi connectivity index (χ1n) is 6.95. The van der Waals surface area contributed by atoms with Crippen LogP contribution in [0, 0.1) is 0 Å². The van der Waals surface area contributed by atoms with Gasteiger partial charge in [-0.05, 0) is 29.8 Å². The van der Waals surface area contributed by atoms with Crippen LogP contribution in [0.25, 0.3) is 0 Å². The standard InChI is InChI=1S/C15H19ClFNO4/c16-10-1-3-11(4-2-10)22-6-5-18-12-7-9(8-17)13(19)15(21)14(12)20/h1-4,7,12-15,18-21H,5-6,8H2/t12-,13+,14+,15+/m1/s1. The molecular formula is C15H19ClFNO4. The third-order valence-electron chi connectivity index (χ3n) is 3.53. The van der Waals surface area contributed by atoms with Crippen LogP contribution < -0.4 is 10.1 Å². The Kier molecular flexibility index (Phi) is 6.16. The maximum Gasteiger partial charge on any atom is 0.119 e. The first kappa shape index (κ1) is 17.2. The van der Waals surface area contributed by atoms with Crippen molar-refractivity contribution >= 4 is 11.6 Å². The normalized spacial score (nSPS) is 28.3. The summed E-state index contributed by atoms with van der Waals surface area (Å²) in [5, 5.41) is 32.7. The minimum absolute atomic E-state index is 0.0638. The van der Waals surface area contributed by atoms with Crippen LogP contribution in [0.3, 0.4) is 0 Å². The molecule has 4 atom stereocenters. The minimum Gasteiger partial charge on any atom is -0.492 e. The van der Waals surface area contributed by atoms with Crippen molar-refractivity contribution in [3.05, 3.63) is 40.9 Å². The second-order valence-corrected chi connectivity index (χ2v) is 5.52. The van der Waals surface area contributed by atoms with Gasteiger partial charge in [-0.2, -0.15) is 0 Å². The summed E-state index contributed by atoms with van der Waals surface area (Å²) in [6, 6.07) is 6.25. The highest BCUT2D eigenvalue weighted by molar-refractivity contribution is 6.30. The predicted octanol–water partition coefficient (Wildman–Crippen LogP) is 0.669. The van der Waals surface area contributed by atoms with Crippen molar-refractivity contribution in [1.29, 1.82) is 0 Å². The highest BCUT2D eigenvalue weighted by atomic mass is 35.5. The summed E-state index contributed by atoms with van der Waals surface area (Å²) < 4.78 is 18.2. The maximum atomic E-state index is 12.8. The molecule has 0 aromatic heterocycles. The number of benzene rings is 1. The van der Waals surface area contributed by atoms with Gasteiger partial charge in [-0.25, -0.2) is 4.39 Å². The number of ether oxygens (including phenoxy) is 1. The van der Waals surface area contributed by atoms with E-state index in [0.29, 0.717) is 23.9 Å². The zero-order chi connectivity index (χ0) is 16.1. The van der Waals surface area contributed by atoms with Gasteiger partial charge in [0, 0.05) is 11.6 Å². The fraction of sp³-hybridized carbons (Fsp3) is 0.467. The Balaban J connectivity index is 1.83. The topological polar surface area (TPSA) is 82.0 Å². The van der Waals surface area contributed by atoms with Gasteiger partial charge in [-0.1, -0.05) is 17.7 Å². The monoisotopic (exact) mass is 331 g/mol. The van der Waals surface area contributed by atoms with Gasteiger partial charge in [0.15, 0.2) is 0 Å². The van der Waals surface area contributed by atoms with E-state index in [-0.39, 0.29) is 5.57 Å². The summed E-state index contributed by atoms with van der Waals surface area (Å²) in [7, 11) is 0. The Hall–Kier alpha value is -1.18. The molecule has 0 radical (unpaired) electrons. The molecule has 2 rings (SSSR count). The van der Waals surface area contributed by atoms with Gasteiger partial charge in [0.2, 0.25) is 0 Å². The summed E-state index contributed by atoms with van der Waals surface area (Å²) in [5.74, 6) is 0.658. The molecule has 1 aromatic carbocycles. The van der Waals surface area contributed by atoms with Gasteiger partial charge in [-0.3, -0.25) is 0 Å². The van der Waals surface area contributed by atoms with Gasteiger partial charge in [0.25, 0.3) is 0 Å². The molecule has 1 aliphatic carbocycles. The minimum atomic E-state index is -1.41. The van der Waals surface area contributed by atoms with E-state index in [1.807, 2.05) is 0 Å². The van der Waals surface area contributed by atoms with E-state index in [1.54, 1.807) is 24.3 Å². The van der Waals surface area contributed by atoms with E-state index in [9.17, 15) is 19.7 Å². The Morgan fingerprint density at radius 3 is 2.45 bits per heavy atom. The molecule has 0 aliphatic heterocycles. The van der Waals surface area contributed by atoms with Crippen molar-refractivity contribution in [2.75, 3.05) is 19.8 Å². The van der Waals surface area contributed by atoms with Crippen molar-refractivity contribution in [2.45, 2.75) is 24.4 Å². The molecule has 0 heterocycles. The van der Waals surface area contributed by atoms with Gasteiger partial charge in [-0.15, -0.1) is 0 Å². The molecular weight excluding hydrogens is 313 g/mol. The predicted molar refractivity (Wildman–Crippen MR) is 80.8 cm³/mol. The average Bonchev–Trinajstić information content (AvgIpc) is 2.53. The molecule has 0 unspecified atom stereocenters. The van der Waals surface area contributed by atoms with Crippen LogP contribution in [0.5, 0.6) is 5.75 Å². The van der Waals surface area contributed by atoms with E-state index in [2.05, 4.69) is 5.32 Å². The molecule has 0 saturated heterocycles. The number of hydrogen-bond donors (Lipinski definition) is 4. The number of halogens is 2. The quantitative estimate of drug-likeness (QED) is 0.455. The van der Waals surface area contributed by atoms with Crippen molar-refractivity contribution < 1.29 is 24.4 Å². The smallest absolute Gasteiger partial charge is 0.119 e. The number of hydrogen-bond acceptors (Lipinski definition) is 5. The highest BCUT2D eigenvalue weighted by Gasteiger charge is 2.36. The van der Waals surface area contributed by atoms with Crippen LogP contribution in [0.15, 0.2) is 35.9 Å². The molecule has 0 spiro atoms. The van der Waals surface area contributed by atoms with Crippen LogP contribution in [0.1, 0.15) is 0 Å². The first-order valence-corrected chi connectivity index (χ1v) is 7.33. The lowest BCUT2D eigenvalue weighted by Crippen LogP contribution is -2.54. The molecule has 0 fully saturated rings. The van der Waals surface area contributed by atoms with Crippen molar-refractivity contribution in [1.82, 2.24) is 5.32 Å². The van der Waals surface area contributed by atoms with Crippen molar-refractivity contribution in [3.63, 3.8) is 0 Å². The van der Waals surface area contributed by atoms with Crippen LogP contribution in [-0.2, 0) is 0 Å². The fourth-order valence-corrected chi connectivity index (χ4v) is 2.40. The Bertz CT molecular complexity index is 511. The van der Waals surface area contributed by atoms with Crippen LogP contribution in [0.2, 0.25) is 5.02 Å². The molecule has 5 nitrogen and oxygen atoms in total. The summed E-state index contributed by atoms with van der Waals surface area (Å²) in [6.45, 7) is -0.171. The lowest BCUT2D eigenvalue weighted by Gasteiger charge is -2.34. The molecule has 7 heteroatoms. The van der Waals surface area contributed by atoms with Gasteiger partial charge < -0.3 is 25.4 Å². The third-order valence-corrected chi connectivity index (χ3v) is 3.79. The van der Waals surface area contributed by atoms with Crippen molar-refractivity contribution in [3.8, 4) is 5.75 Å². The molecule has 0 amide bonds.